The van der Waals surface area contributed by atoms with E-state index in [2.05, 4.69) is 0 Å². The van der Waals surface area contributed by atoms with Gasteiger partial charge in [-0.2, -0.15) is 0 Å². The lowest BCUT2D eigenvalue weighted by atomic mass is 9.78. The summed E-state index contributed by atoms with van der Waals surface area (Å²) in [4.78, 5) is 12.7. The van der Waals surface area contributed by atoms with Gasteiger partial charge in [-0.15, -0.1) is 0 Å². The Bertz CT molecular complexity index is 518. The van der Waals surface area contributed by atoms with Crippen molar-refractivity contribution in [2.75, 3.05) is 14.2 Å². The molecule has 0 saturated heterocycles. The van der Waals surface area contributed by atoms with Crippen LogP contribution in [0.1, 0.15) is 63.7 Å². The fourth-order valence-corrected chi connectivity index (χ4v) is 3.63. The van der Waals surface area contributed by atoms with Crippen LogP contribution in [0.3, 0.4) is 0 Å². The molecule has 0 aliphatic heterocycles. The maximum absolute atomic E-state index is 12.7. The third-order valence-electron chi connectivity index (χ3n) is 5.79. The highest BCUT2D eigenvalue weighted by Crippen LogP contribution is 2.36. The Hall–Kier alpha value is -1.43. The van der Waals surface area contributed by atoms with E-state index in [9.17, 15) is 9.90 Å². The van der Waals surface area contributed by atoms with E-state index < -0.39 is 29.4 Å². The van der Waals surface area contributed by atoms with Gasteiger partial charge in [0.05, 0.1) is 11.2 Å². The number of methoxy groups -OCH3 is 2. The molecule has 0 radical (unpaired) electrons. The highest BCUT2D eigenvalue weighted by atomic mass is 16.6. The zero-order chi connectivity index (χ0) is 19.8. The van der Waals surface area contributed by atoms with Gasteiger partial charge < -0.3 is 19.3 Å². The zero-order valence-electron chi connectivity index (χ0n) is 17.0. The molecular weight excluding hydrogens is 332 g/mol. The molecule has 0 bridgehead atoms. The summed E-state index contributed by atoms with van der Waals surface area (Å²) >= 11 is 0. The number of aliphatic hydroxyl groups excluding tert-OH is 1. The number of esters is 1. The second-order valence-electron chi connectivity index (χ2n) is 6.59. The van der Waals surface area contributed by atoms with Crippen LogP contribution in [0.25, 0.3) is 0 Å². The summed E-state index contributed by atoms with van der Waals surface area (Å²) in [5.41, 5.74) is -1.16. The van der Waals surface area contributed by atoms with Crippen molar-refractivity contribution in [3.05, 3.63) is 35.9 Å². The van der Waals surface area contributed by atoms with E-state index in [0.29, 0.717) is 31.2 Å². The number of hydrogen-bond acceptors (Lipinski definition) is 5. The predicted molar refractivity (Wildman–Crippen MR) is 102 cm³/mol. The van der Waals surface area contributed by atoms with E-state index in [0.717, 1.165) is 0 Å². The largest absolute Gasteiger partial charge is 0.453 e. The number of ether oxygens (including phenoxy) is 3. The number of aliphatic hydroxyl groups is 1. The topological polar surface area (TPSA) is 65.0 Å². The van der Waals surface area contributed by atoms with Gasteiger partial charge in [0.25, 0.3) is 0 Å². The minimum absolute atomic E-state index is 0.443. The monoisotopic (exact) mass is 366 g/mol. The van der Waals surface area contributed by atoms with Crippen LogP contribution >= 0.6 is 0 Å². The zero-order valence-corrected chi connectivity index (χ0v) is 17.0. The SMILES string of the molecule is CCC(CC)(OC)[C@H](O)[C@@H](OC(=O)c1ccccc1)C(CC)(CC)OC. The molecule has 0 aliphatic carbocycles. The lowest BCUT2D eigenvalue weighted by Gasteiger charge is -2.46. The Labute approximate surface area is 157 Å². The van der Waals surface area contributed by atoms with E-state index in [-0.39, 0.29) is 0 Å². The molecule has 26 heavy (non-hydrogen) atoms. The van der Waals surface area contributed by atoms with Crippen LogP contribution < -0.4 is 0 Å². The van der Waals surface area contributed by atoms with Gasteiger partial charge in [-0.3, -0.25) is 0 Å². The lowest BCUT2D eigenvalue weighted by Crippen LogP contribution is -2.60. The van der Waals surface area contributed by atoms with Gasteiger partial charge in [0.15, 0.2) is 6.10 Å². The molecule has 1 rings (SSSR count). The van der Waals surface area contributed by atoms with Crippen molar-refractivity contribution in [2.24, 2.45) is 0 Å². The number of rotatable bonds is 11. The van der Waals surface area contributed by atoms with Crippen molar-refractivity contribution in [3.8, 4) is 0 Å². The average molecular weight is 366 g/mol. The number of carbonyl (C=O) groups excluding carboxylic acids is 1. The second kappa shape index (κ2) is 10.0. The van der Waals surface area contributed by atoms with Gasteiger partial charge in [-0.1, -0.05) is 45.9 Å². The van der Waals surface area contributed by atoms with Crippen LogP contribution in [0, 0.1) is 0 Å². The van der Waals surface area contributed by atoms with E-state index in [1.54, 1.807) is 38.5 Å². The Morgan fingerprint density at radius 3 is 1.77 bits per heavy atom. The van der Waals surface area contributed by atoms with Gasteiger partial charge in [-0.05, 0) is 37.8 Å². The quantitative estimate of drug-likeness (QED) is 0.600. The molecule has 0 unspecified atom stereocenters. The molecule has 148 valence electrons. The predicted octanol–water partition coefficient (Wildman–Crippen LogP) is 3.98. The van der Waals surface area contributed by atoms with E-state index in [1.165, 1.54) is 0 Å². The lowest BCUT2D eigenvalue weighted by molar-refractivity contribution is -0.206. The van der Waals surface area contributed by atoms with Crippen LogP contribution in [-0.2, 0) is 14.2 Å². The molecule has 2 atom stereocenters. The standard InChI is InChI=1S/C21H34O5/c1-7-20(8-2,24-5)17(22)18(21(9-3,10-4)25-6)26-19(23)16-14-12-11-13-15-16/h11-15,17-18,22H,7-10H2,1-6H3/t17-,18-/m1/s1. The first-order valence-corrected chi connectivity index (χ1v) is 9.44. The number of carbonyl (C=O) groups is 1. The molecule has 0 aliphatic rings. The molecule has 0 amide bonds. The normalized spacial score (nSPS) is 14.7. The van der Waals surface area contributed by atoms with Crippen LogP contribution in [0.2, 0.25) is 0 Å². The van der Waals surface area contributed by atoms with Crippen molar-refractivity contribution in [3.63, 3.8) is 0 Å². The first-order valence-electron chi connectivity index (χ1n) is 9.44. The molecule has 1 N–H and O–H groups in total. The summed E-state index contributed by atoms with van der Waals surface area (Å²) in [6, 6.07) is 8.79. The first-order chi connectivity index (χ1) is 12.4. The number of hydrogen-bond donors (Lipinski definition) is 1. The average Bonchev–Trinajstić information content (AvgIpc) is 2.70. The molecule has 0 fully saturated rings. The maximum atomic E-state index is 12.7. The Kier molecular flexibility index (Phi) is 8.74. The van der Waals surface area contributed by atoms with Crippen molar-refractivity contribution in [2.45, 2.75) is 76.8 Å². The summed E-state index contributed by atoms with van der Waals surface area (Å²) in [6.45, 7) is 7.85. The fraction of sp³-hybridized carbons (Fsp3) is 0.667. The summed E-state index contributed by atoms with van der Waals surface area (Å²) in [6.07, 6.45) is 0.500. The smallest absolute Gasteiger partial charge is 0.338 e. The van der Waals surface area contributed by atoms with Crippen molar-refractivity contribution >= 4 is 5.97 Å². The Morgan fingerprint density at radius 2 is 1.38 bits per heavy atom. The highest BCUT2D eigenvalue weighted by Gasteiger charge is 2.51. The molecule has 5 heteroatoms. The third-order valence-corrected chi connectivity index (χ3v) is 5.79. The highest BCUT2D eigenvalue weighted by molar-refractivity contribution is 5.89. The first kappa shape index (κ1) is 22.6. The molecule has 0 heterocycles. The van der Waals surface area contributed by atoms with Gasteiger partial charge in [0.1, 0.15) is 11.7 Å². The molecule has 0 aromatic heterocycles. The Balaban J connectivity index is 3.32. The molecular formula is C21H34O5. The Morgan fingerprint density at radius 1 is 0.923 bits per heavy atom. The van der Waals surface area contributed by atoms with Crippen LogP contribution in [-0.4, -0.2) is 48.7 Å². The van der Waals surface area contributed by atoms with Crippen molar-refractivity contribution in [1.29, 1.82) is 0 Å². The van der Waals surface area contributed by atoms with E-state index in [4.69, 9.17) is 14.2 Å². The van der Waals surface area contributed by atoms with E-state index in [1.807, 2.05) is 33.8 Å². The van der Waals surface area contributed by atoms with Crippen molar-refractivity contribution in [1.82, 2.24) is 0 Å². The van der Waals surface area contributed by atoms with Gasteiger partial charge >= 0.3 is 5.97 Å². The summed E-state index contributed by atoms with van der Waals surface area (Å²) < 4.78 is 17.3. The molecule has 1 aromatic rings. The maximum Gasteiger partial charge on any atom is 0.338 e. The van der Waals surface area contributed by atoms with Crippen LogP contribution in [0.4, 0.5) is 0 Å². The van der Waals surface area contributed by atoms with Crippen molar-refractivity contribution < 1.29 is 24.1 Å². The van der Waals surface area contributed by atoms with E-state index >= 15 is 0 Å². The minimum Gasteiger partial charge on any atom is -0.453 e. The van der Waals surface area contributed by atoms with Gasteiger partial charge in [0.2, 0.25) is 0 Å². The molecule has 5 nitrogen and oxygen atoms in total. The molecule has 1 aromatic carbocycles. The third kappa shape index (κ3) is 4.45. The van der Waals surface area contributed by atoms with Gasteiger partial charge in [0, 0.05) is 14.2 Å². The van der Waals surface area contributed by atoms with Crippen LogP contribution in [0.5, 0.6) is 0 Å². The van der Waals surface area contributed by atoms with Crippen LogP contribution in [0.15, 0.2) is 30.3 Å². The molecule has 0 saturated carbocycles. The van der Waals surface area contributed by atoms with Gasteiger partial charge in [-0.25, -0.2) is 4.79 Å². The second-order valence-corrected chi connectivity index (χ2v) is 6.59. The number of benzene rings is 1. The summed E-state index contributed by atoms with van der Waals surface area (Å²) in [5.74, 6) is -0.477. The molecule has 0 spiro atoms. The summed E-state index contributed by atoms with van der Waals surface area (Å²) in [7, 11) is 3.17. The fourth-order valence-electron chi connectivity index (χ4n) is 3.63. The summed E-state index contributed by atoms with van der Waals surface area (Å²) in [5, 5.41) is 11.3. The minimum atomic E-state index is -1.02.